The van der Waals surface area contributed by atoms with Crippen LogP contribution < -0.4 is 14.9 Å². The van der Waals surface area contributed by atoms with Gasteiger partial charge in [-0.05, 0) is 50.2 Å². The van der Waals surface area contributed by atoms with Gasteiger partial charge in [0, 0.05) is 38.7 Å². The topological polar surface area (TPSA) is 87.7 Å². The summed E-state index contributed by atoms with van der Waals surface area (Å²) in [6.45, 7) is 4.05. The van der Waals surface area contributed by atoms with E-state index in [1.165, 1.54) is 24.0 Å². The van der Waals surface area contributed by atoms with E-state index in [4.69, 9.17) is 4.74 Å². The second kappa shape index (κ2) is 8.27. The summed E-state index contributed by atoms with van der Waals surface area (Å²) < 4.78 is 33.2. The van der Waals surface area contributed by atoms with Crippen molar-refractivity contribution < 1.29 is 17.9 Å². The normalized spacial score (nSPS) is 17.2. The van der Waals surface area contributed by atoms with E-state index in [-0.39, 0.29) is 16.2 Å². The van der Waals surface area contributed by atoms with Gasteiger partial charge in [0.2, 0.25) is 15.9 Å². The molecule has 1 aliphatic rings. The summed E-state index contributed by atoms with van der Waals surface area (Å²) in [5.74, 6) is -0.110. The van der Waals surface area contributed by atoms with Gasteiger partial charge in [-0.1, -0.05) is 0 Å². The lowest BCUT2D eigenvalue weighted by Gasteiger charge is -2.37. The molecule has 0 saturated carbocycles. The summed E-state index contributed by atoms with van der Waals surface area (Å²) in [6, 6.07) is 6.29. The highest BCUT2D eigenvalue weighted by Gasteiger charge is 2.33. The Bertz CT molecular complexity index is 677. The minimum absolute atomic E-state index is 0.110. The molecule has 1 aromatic carbocycles. The number of hydrogen-bond acceptors (Lipinski definition) is 5. The average molecular weight is 369 g/mol. The first-order valence-corrected chi connectivity index (χ1v) is 9.82. The lowest BCUT2D eigenvalue weighted by atomic mass is 9.80. The van der Waals surface area contributed by atoms with Crippen molar-refractivity contribution in [3.63, 3.8) is 0 Å². The molecule has 0 unspecified atom stereocenters. The van der Waals surface area contributed by atoms with Gasteiger partial charge in [0.25, 0.3) is 0 Å². The van der Waals surface area contributed by atoms with Crippen LogP contribution in [0.5, 0.6) is 0 Å². The summed E-state index contributed by atoms with van der Waals surface area (Å²) in [7, 11) is -0.318. The van der Waals surface area contributed by atoms with Gasteiger partial charge in [0.1, 0.15) is 0 Å². The lowest BCUT2D eigenvalue weighted by Crippen LogP contribution is -2.47. The van der Waals surface area contributed by atoms with Crippen molar-refractivity contribution in [3.8, 4) is 0 Å². The summed E-state index contributed by atoms with van der Waals surface area (Å²) in [6.07, 6.45) is 1.73. The molecule has 0 aliphatic carbocycles. The maximum absolute atomic E-state index is 12.6. The SMILES string of the molecule is COCC1(CNS(=O)(=O)c2ccc(N(C)C(C)=O)cc2)CCNCC1. The van der Waals surface area contributed by atoms with Gasteiger partial charge in [-0.25, -0.2) is 13.1 Å². The number of benzene rings is 1. The Kier molecular flexibility index (Phi) is 6.56. The van der Waals surface area contributed by atoms with E-state index in [9.17, 15) is 13.2 Å². The number of nitrogens with zero attached hydrogens (tertiary/aromatic N) is 1. The first-order valence-electron chi connectivity index (χ1n) is 8.33. The smallest absolute Gasteiger partial charge is 0.240 e. The molecule has 25 heavy (non-hydrogen) atoms. The molecule has 0 atom stereocenters. The van der Waals surface area contributed by atoms with Crippen LogP contribution >= 0.6 is 0 Å². The zero-order valence-electron chi connectivity index (χ0n) is 15.0. The van der Waals surface area contributed by atoms with Crippen LogP contribution in [0.15, 0.2) is 29.2 Å². The van der Waals surface area contributed by atoms with Crippen molar-refractivity contribution in [1.29, 1.82) is 0 Å². The largest absolute Gasteiger partial charge is 0.384 e. The Hall–Kier alpha value is -1.48. The number of piperidine rings is 1. The third-order valence-electron chi connectivity index (χ3n) is 4.76. The Labute approximate surface area is 149 Å². The average Bonchev–Trinajstić information content (AvgIpc) is 2.61. The minimum Gasteiger partial charge on any atom is -0.384 e. The fourth-order valence-corrected chi connectivity index (χ4v) is 4.15. The second-order valence-corrected chi connectivity index (χ2v) is 8.35. The highest BCUT2D eigenvalue weighted by molar-refractivity contribution is 7.89. The number of carbonyl (C=O) groups excluding carboxylic acids is 1. The van der Waals surface area contributed by atoms with E-state index in [1.807, 2.05) is 0 Å². The maximum atomic E-state index is 12.6. The van der Waals surface area contributed by atoms with E-state index in [0.717, 1.165) is 25.9 Å². The van der Waals surface area contributed by atoms with Crippen molar-refractivity contribution >= 4 is 21.6 Å². The van der Waals surface area contributed by atoms with Crippen molar-refractivity contribution in [1.82, 2.24) is 10.0 Å². The molecular weight excluding hydrogens is 342 g/mol. The molecule has 1 amide bonds. The van der Waals surface area contributed by atoms with Crippen molar-refractivity contribution in [3.05, 3.63) is 24.3 Å². The van der Waals surface area contributed by atoms with Crippen LogP contribution in [0.1, 0.15) is 19.8 Å². The summed E-state index contributed by atoms with van der Waals surface area (Å²) >= 11 is 0. The molecule has 7 nitrogen and oxygen atoms in total. The van der Waals surface area contributed by atoms with Gasteiger partial charge in [-0.2, -0.15) is 0 Å². The van der Waals surface area contributed by atoms with Crippen LogP contribution in [0.25, 0.3) is 0 Å². The fraction of sp³-hybridized carbons (Fsp3) is 0.588. The Morgan fingerprint density at radius 1 is 1.28 bits per heavy atom. The lowest BCUT2D eigenvalue weighted by molar-refractivity contribution is -0.116. The molecule has 1 aromatic rings. The molecule has 0 spiro atoms. The van der Waals surface area contributed by atoms with Crippen molar-refractivity contribution in [2.75, 3.05) is 45.3 Å². The number of hydrogen-bond donors (Lipinski definition) is 2. The van der Waals surface area contributed by atoms with Crippen LogP contribution in [0.3, 0.4) is 0 Å². The van der Waals surface area contributed by atoms with Gasteiger partial charge in [0.15, 0.2) is 0 Å². The number of amides is 1. The first-order chi connectivity index (χ1) is 11.8. The van der Waals surface area contributed by atoms with Crippen LogP contribution in [-0.2, 0) is 19.6 Å². The standard InChI is InChI=1S/C17H27N3O4S/c1-14(21)20(2)15-4-6-16(7-5-15)25(22,23)19-12-17(13-24-3)8-10-18-11-9-17/h4-7,18-19H,8-13H2,1-3H3. The first kappa shape index (κ1) is 19.8. The van der Waals surface area contributed by atoms with E-state index in [0.29, 0.717) is 18.8 Å². The number of methoxy groups -OCH3 is 1. The van der Waals surface area contributed by atoms with Gasteiger partial charge in [0.05, 0.1) is 11.5 Å². The molecular formula is C17H27N3O4S. The van der Waals surface area contributed by atoms with Gasteiger partial charge in [-0.3, -0.25) is 4.79 Å². The predicted octanol–water partition coefficient (Wildman–Crippen LogP) is 0.964. The zero-order valence-corrected chi connectivity index (χ0v) is 15.9. The van der Waals surface area contributed by atoms with Crippen LogP contribution in [0, 0.1) is 5.41 Å². The third-order valence-corrected chi connectivity index (χ3v) is 6.18. The molecule has 0 bridgehead atoms. The molecule has 140 valence electrons. The summed E-state index contributed by atoms with van der Waals surface area (Å²) in [4.78, 5) is 13.0. The highest BCUT2D eigenvalue weighted by atomic mass is 32.2. The number of ether oxygens (including phenoxy) is 1. The number of carbonyl (C=O) groups is 1. The number of nitrogens with one attached hydrogen (secondary N) is 2. The summed E-state index contributed by atoms with van der Waals surface area (Å²) in [5, 5.41) is 3.29. The Morgan fingerprint density at radius 2 is 1.88 bits per heavy atom. The molecule has 1 aliphatic heterocycles. The van der Waals surface area contributed by atoms with Crippen LogP contribution in [-0.4, -0.2) is 54.7 Å². The maximum Gasteiger partial charge on any atom is 0.240 e. The molecule has 0 radical (unpaired) electrons. The van der Waals surface area contributed by atoms with Crippen molar-refractivity contribution in [2.24, 2.45) is 5.41 Å². The van der Waals surface area contributed by atoms with Gasteiger partial charge in [-0.15, -0.1) is 0 Å². The monoisotopic (exact) mass is 369 g/mol. The predicted molar refractivity (Wildman–Crippen MR) is 97.1 cm³/mol. The number of sulfonamides is 1. The highest BCUT2D eigenvalue weighted by Crippen LogP contribution is 2.29. The fourth-order valence-electron chi connectivity index (χ4n) is 3.00. The minimum atomic E-state index is -3.61. The van der Waals surface area contributed by atoms with E-state index in [1.54, 1.807) is 26.3 Å². The molecule has 1 heterocycles. The molecule has 1 saturated heterocycles. The zero-order chi connectivity index (χ0) is 18.5. The van der Waals surface area contributed by atoms with Crippen LogP contribution in [0.4, 0.5) is 5.69 Å². The van der Waals surface area contributed by atoms with Crippen LogP contribution in [0.2, 0.25) is 0 Å². The van der Waals surface area contributed by atoms with E-state index >= 15 is 0 Å². The molecule has 2 rings (SSSR count). The number of anilines is 1. The quantitative estimate of drug-likeness (QED) is 0.748. The van der Waals surface area contributed by atoms with Gasteiger partial charge >= 0.3 is 0 Å². The second-order valence-electron chi connectivity index (χ2n) is 6.58. The Balaban J connectivity index is 2.09. The van der Waals surface area contributed by atoms with Gasteiger partial charge < -0.3 is 15.0 Å². The molecule has 2 N–H and O–H groups in total. The summed E-state index contributed by atoms with van der Waals surface area (Å²) in [5.41, 5.74) is 0.475. The third kappa shape index (κ3) is 5.01. The molecule has 8 heteroatoms. The molecule has 0 aromatic heterocycles. The van der Waals surface area contributed by atoms with E-state index < -0.39 is 10.0 Å². The van der Waals surface area contributed by atoms with Crippen molar-refractivity contribution in [2.45, 2.75) is 24.7 Å². The molecule has 1 fully saturated rings. The van der Waals surface area contributed by atoms with E-state index in [2.05, 4.69) is 10.0 Å². The number of rotatable bonds is 7. The Morgan fingerprint density at radius 3 is 2.40 bits per heavy atom.